The van der Waals surface area contributed by atoms with Gasteiger partial charge in [0, 0.05) is 25.7 Å². The summed E-state index contributed by atoms with van der Waals surface area (Å²) in [5.41, 5.74) is 1.04. The number of hydrogen-bond acceptors (Lipinski definition) is 4. The molecule has 1 saturated heterocycles. The van der Waals surface area contributed by atoms with Crippen LogP contribution < -0.4 is 14.8 Å². The van der Waals surface area contributed by atoms with Crippen LogP contribution in [0.1, 0.15) is 19.4 Å². The van der Waals surface area contributed by atoms with Crippen molar-refractivity contribution < 1.29 is 19.0 Å². The lowest BCUT2D eigenvalue weighted by molar-refractivity contribution is -0.0544. The van der Waals surface area contributed by atoms with E-state index in [1.807, 2.05) is 36.9 Å². The molecule has 1 aromatic carbocycles. The number of carbonyl (C=O) groups is 1. The second-order valence-corrected chi connectivity index (χ2v) is 5.82. The number of morpholine rings is 1. The van der Waals surface area contributed by atoms with E-state index in [9.17, 15) is 4.79 Å². The maximum absolute atomic E-state index is 12.2. The van der Waals surface area contributed by atoms with Crippen LogP contribution in [0.4, 0.5) is 4.79 Å². The van der Waals surface area contributed by atoms with Crippen molar-refractivity contribution in [2.24, 2.45) is 0 Å². The van der Waals surface area contributed by atoms with Gasteiger partial charge in [0.2, 0.25) is 0 Å². The van der Waals surface area contributed by atoms with E-state index in [0.717, 1.165) is 17.1 Å². The third-order valence-electron chi connectivity index (χ3n) is 3.87. The minimum absolute atomic E-state index is 0.0421. The van der Waals surface area contributed by atoms with Crippen molar-refractivity contribution in [3.8, 4) is 11.5 Å². The SMILES string of the molecule is COc1ccc(CCNC(=O)N2C[C@@H](C)O[C@H](C)C2)c(OC)c1. The molecular weight excluding hydrogens is 296 g/mol. The molecule has 0 aliphatic carbocycles. The molecule has 2 amide bonds. The van der Waals surface area contributed by atoms with Crippen LogP contribution in [-0.4, -0.2) is 57.0 Å². The monoisotopic (exact) mass is 322 g/mol. The highest BCUT2D eigenvalue weighted by molar-refractivity contribution is 5.74. The van der Waals surface area contributed by atoms with Crippen molar-refractivity contribution in [3.63, 3.8) is 0 Å². The molecule has 0 bridgehead atoms. The van der Waals surface area contributed by atoms with Crippen LogP contribution in [0, 0.1) is 0 Å². The Bertz CT molecular complexity index is 525. The van der Waals surface area contributed by atoms with E-state index in [4.69, 9.17) is 14.2 Å². The molecule has 1 fully saturated rings. The Morgan fingerprint density at radius 3 is 2.57 bits per heavy atom. The number of ether oxygens (including phenoxy) is 3. The maximum atomic E-state index is 12.2. The number of methoxy groups -OCH3 is 2. The van der Waals surface area contributed by atoms with E-state index in [-0.39, 0.29) is 18.2 Å². The van der Waals surface area contributed by atoms with Gasteiger partial charge in [-0.3, -0.25) is 0 Å². The first-order valence-electron chi connectivity index (χ1n) is 7.92. The Morgan fingerprint density at radius 1 is 1.26 bits per heavy atom. The third kappa shape index (κ3) is 4.76. The van der Waals surface area contributed by atoms with Crippen molar-refractivity contribution >= 4 is 6.03 Å². The molecule has 0 aromatic heterocycles. The van der Waals surface area contributed by atoms with Gasteiger partial charge in [0.05, 0.1) is 26.4 Å². The third-order valence-corrected chi connectivity index (χ3v) is 3.87. The molecule has 6 nitrogen and oxygen atoms in total. The number of hydrogen-bond donors (Lipinski definition) is 1. The lowest BCUT2D eigenvalue weighted by Gasteiger charge is -2.35. The molecule has 1 aliphatic heterocycles. The molecule has 0 spiro atoms. The van der Waals surface area contributed by atoms with Gasteiger partial charge in [-0.25, -0.2) is 4.79 Å². The predicted octanol–water partition coefficient (Wildman–Crippen LogP) is 2.07. The van der Waals surface area contributed by atoms with Crippen LogP contribution in [0.5, 0.6) is 11.5 Å². The first-order valence-corrected chi connectivity index (χ1v) is 7.92. The average Bonchev–Trinajstić information content (AvgIpc) is 2.54. The fraction of sp³-hybridized carbons (Fsp3) is 0.588. The zero-order valence-electron chi connectivity index (χ0n) is 14.3. The molecule has 0 radical (unpaired) electrons. The van der Waals surface area contributed by atoms with E-state index in [1.165, 1.54) is 0 Å². The number of nitrogens with one attached hydrogen (secondary N) is 1. The Hall–Kier alpha value is -1.95. The highest BCUT2D eigenvalue weighted by Crippen LogP contribution is 2.24. The molecule has 1 N–H and O–H groups in total. The van der Waals surface area contributed by atoms with Crippen LogP contribution >= 0.6 is 0 Å². The van der Waals surface area contributed by atoms with Crippen LogP contribution in [0.25, 0.3) is 0 Å². The second-order valence-electron chi connectivity index (χ2n) is 5.82. The minimum atomic E-state index is -0.0421. The van der Waals surface area contributed by atoms with Gasteiger partial charge in [-0.15, -0.1) is 0 Å². The molecule has 2 rings (SSSR count). The van der Waals surface area contributed by atoms with Gasteiger partial charge in [0.15, 0.2) is 0 Å². The fourth-order valence-corrected chi connectivity index (χ4v) is 2.82. The highest BCUT2D eigenvalue weighted by Gasteiger charge is 2.25. The Labute approximate surface area is 137 Å². The smallest absolute Gasteiger partial charge is 0.317 e. The number of benzene rings is 1. The molecule has 2 atom stereocenters. The molecular formula is C17H26N2O4. The van der Waals surface area contributed by atoms with Crippen LogP contribution in [-0.2, 0) is 11.2 Å². The summed E-state index contributed by atoms with van der Waals surface area (Å²) in [5, 5.41) is 2.97. The Balaban J connectivity index is 1.86. The predicted molar refractivity (Wildman–Crippen MR) is 88.2 cm³/mol. The van der Waals surface area contributed by atoms with Crippen molar-refractivity contribution in [2.75, 3.05) is 33.9 Å². The van der Waals surface area contributed by atoms with Crippen LogP contribution in [0.2, 0.25) is 0 Å². The van der Waals surface area contributed by atoms with Crippen molar-refractivity contribution in [1.82, 2.24) is 10.2 Å². The summed E-state index contributed by atoms with van der Waals surface area (Å²) in [6.07, 6.45) is 0.853. The van der Waals surface area contributed by atoms with Gasteiger partial charge in [-0.2, -0.15) is 0 Å². The van der Waals surface area contributed by atoms with Gasteiger partial charge in [0.1, 0.15) is 11.5 Å². The van der Waals surface area contributed by atoms with Crippen molar-refractivity contribution in [2.45, 2.75) is 32.5 Å². The molecule has 6 heteroatoms. The van der Waals surface area contributed by atoms with E-state index >= 15 is 0 Å². The van der Waals surface area contributed by atoms with Gasteiger partial charge >= 0.3 is 6.03 Å². The zero-order valence-corrected chi connectivity index (χ0v) is 14.3. The van der Waals surface area contributed by atoms with Gasteiger partial charge < -0.3 is 24.4 Å². The van der Waals surface area contributed by atoms with Crippen LogP contribution in [0.15, 0.2) is 18.2 Å². The molecule has 1 heterocycles. The van der Waals surface area contributed by atoms with E-state index in [1.54, 1.807) is 14.2 Å². The summed E-state index contributed by atoms with van der Waals surface area (Å²) in [7, 11) is 3.26. The average molecular weight is 322 g/mol. The van der Waals surface area contributed by atoms with Gasteiger partial charge in [-0.1, -0.05) is 6.07 Å². The van der Waals surface area contributed by atoms with Crippen molar-refractivity contribution in [3.05, 3.63) is 23.8 Å². The van der Waals surface area contributed by atoms with E-state index in [0.29, 0.717) is 26.1 Å². The first kappa shape index (κ1) is 17.4. The summed E-state index contributed by atoms with van der Waals surface area (Å²) >= 11 is 0. The summed E-state index contributed by atoms with van der Waals surface area (Å²) in [6.45, 7) is 5.78. The standard InChI is InChI=1S/C17H26N2O4/c1-12-10-19(11-13(2)23-12)17(20)18-8-7-14-5-6-15(21-3)9-16(14)22-4/h5-6,9,12-13H,7-8,10-11H2,1-4H3,(H,18,20)/t12-,13-/m1/s1. The summed E-state index contributed by atoms with van der Waals surface area (Å²) < 4.78 is 16.2. The maximum Gasteiger partial charge on any atom is 0.317 e. The number of amides is 2. The quantitative estimate of drug-likeness (QED) is 0.901. The number of rotatable bonds is 5. The molecule has 0 unspecified atom stereocenters. The number of urea groups is 1. The fourth-order valence-electron chi connectivity index (χ4n) is 2.82. The molecule has 128 valence electrons. The summed E-state index contributed by atoms with van der Waals surface area (Å²) in [5.74, 6) is 1.53. The molecule has 1 aliphatic rings. The molecule has 1 aromatic rings. The lowest BCUT2D eigenvalue weighted by atomic mass is 10.1. The normalized spacial score (nSPS) is 21.0. The zero-order chi connectivity index (χ0) is 16.8. The summed E-state index contributed by atoms with van der Waals surface area (Å²) in [6, 6.07) is 5.66. The number of nitrogens with zero attached hydrogens (tertiary/aromatic N) is 1. The van der Waals surface area contributed by atoms with Crippen molar-refractivity contribution in [1.29, 1.82) is 0 Å². The van der Waals surface area contributed by atoms with Crippen LogP contribution in [0.3, 0.4) is 0 Å². The number of carbonyl (C=O) groups excluding carboxylic acids is 1. The van der Waals surface area contributed by atoms with E-state index < -0.39 is 0 Å². The second kappa shape index (κ2) is 8.06. The summed E-state index contributed by atoms with van der Waals surface area (Å²) in [4.78, 5) is 14.1. The van der Waals surface area contributed by atoms with Gasteiger partial charge in [-0.05, 0) is 31.9 Å². The minimum Gasteiger partial charge on any atom is -0.497 e. The van der Waals surface area contributed by atoms with Gasteiger partial charge in [0.25, 0.3) is 0 Å². The molecule has 23 heavy (non-hydrogen) atoms. The Morgan fingerprint density at radius 2 is 1.96 bits per heavy atom. The lowest BCUT2D eigenvalue weighted by Crippen LogP contribution is -2.51. The highest BCUT2D eigenvalue weighted by atomic mass is 16.5. The Kier molecular flexibility index (Phi) is 6.10. The van der Waals surface area contributed by atoms with E-state index in [2.05, 4.69) is 5.32 Å². The largest absolute Gasteiger partial charge is 0.497 e. The topological polar surface area (TPSA) is 60.0 Å². The molecule has 0 saturated carbocycles. The first-order chi connectivity index (χ1) is 11.0.